The Balaban J connectivity index is 1.34. The highest BCUT2D eigenvalue weighted by Gasteiger charge is 2.31. The number of likely N-dealkylation sites (N-methyl/N-ethyl adjacent to an activating group) is 1. The molecule has 1 aliphatic heterocycles. The van der Waals surface area contributed by atoms with E-state index < -0.39 is 0 Å². The monoisotopic (exact) mass is 354 g/mol. The van der Waals surface area contributed by atoms with Gasteiger partial charge < -0.3 is 4.90 Å². The van der Waals surface area contributed by atoms with E-state index in [4.69, 9.17) is 0 Å². The van der Waals surface area contributed by atoms with Gasteiger partial charge in [0.2, 0.25) is 0 Å². The van der Waals surface area contributed by atoms with E-state index in [1.54, 1.807) is 21.5 Å². The first kappa shape index (κ1) is 16.6. The maximum atomic E-state index is 11.9. The molecule has 1 saturated heterocycles. The second-order valence-corrected chi connectivity index (χ2v) is 6.81. The number of nitrogens with zero attached hydrogens (tertiary/aromatic N) is 8. The molecule has 26 heavy (non-hydrogen) atoms. The zero-order valence-corrected chi connectivity index (χ0v) is 15.2. The second-order valence-electron chi connectivity index (χ2n) is 6.81. The number of rotatable bonds is 5. The highest BCUT2D eigenvalue weighted by molar-refractivity contribution is 5.47. The van der Waals surface area contributed by atoms with Crippen molar-refractivity contribution in [3.05, 3.63) is 46.4 Å². The highest BCUT2D eigenvalue weighted by atomic mass is 16.1. The summed E-state index contributed by atoms with van der Waals surface area (Å²) in [5.74, 6) is 1.72. The minimum atomic E-state index is 0.00273. The maximum Gasteiger partial charge on any atom is 0.253 e. The fourth-order valence-corrected chi connectivity index (χ4v) is 3.11. The molecule has 0 spiro atoms. The minimum Gasteiger partial charge on any atom is -0.352 e. The Labute approximate surface area is 150 Å². The molecule has 0 bridgehead atoms. The molecule has 0 amide bonds. The molecule has 0 aromatic carbocycles. The fraction of sp³-hybridized carbons (Fsp3) is 0.471. The quantitative estimate of drug-likeness (QED) is 0.643. The van der Waals surface area contributed by atoms with Crippen LogP contribution < -0.4 is 10.5 Å². The summed E-state index contributed by atoms with van der Waals surface area (Å²) in [6, 6.07) is 5.94. The van der Waals surface area contributed by atoms with Crippen LogP contribution in [-0.2, 0) is 6.54 Å². The van der Waals surface area contributed by atoms with Crippen molar-refractivity contribution in [1.82, 2.24) is 34.3 Å². The van der Waals surface area contributed by atoms with E-state index in [-0.39, 0.29) is 5.56 Å². The molecule has 9 heteroatoms. The van der Waals surface area contributed by atoms with Crippen LogP contribution in [0.25, 0.3) is 5.65 Å². The van der Waals surface area contributed by atoms with Crippen molar-refractivity contribution < 1.29 is 0 Å². The lowest BCUT2D eigenvalue weighted by Gasteiger charge is -2.44. The minimum absolute atomic E-state index is 0.00273. The van der Waals surface area contributed by atoms with Crippen molar-refractivity contribution in [1.29, 1.82) is 0 Å². The van der Waals surface area contributed by atoms with Crippen molar-refractivity contribution in [2.45, 2.75) is 26.4 Å². The molecule has 0 aliphatic carbocycles. The fourth-order valence-electron chi connectivity index (χ4n) is 3.11. The Bertz CT molecular complexity index is 988. The topological polar surface area (TPSA) is 84.5 Å². The van der Waals surface area contributed by atoms with Gasteiger partial charge in [0.05, 0.1) is 6.33 Å². The molecule has 3 aromatic heterocycles. The van der Waals surface area contributed by atoms with E-state index in [0.717, 1.165) is 42.6 Å². The Morgan fingerprint density at radius 2 is 2.04 bits per heavy atom. The largest absolute Gasteiger partial charge is 0.352 e. The summed E-state index contributed by atoms with van der Waals surface area (Å²) >= 11 is 0. The molecule has 0 unspecified atom stereocenters. The number of hydrogen-bond donors (Lipinski definition) is 0. The van der Waals surface area contributed by atoms with Crippen LogP contribution in [0, 0.1) is 13.8 Å². The molecular weight excluding hydrogens is 332 g/mol. The van der Waals surface area contributed by atoms with Crippen molar-refractivity contribution in [2.75, 3.05) is 31.6 Å². The van der Waals surface area contributed by atoms with E-state index in [9.17, 15) is 4.79 Å². The van der Waals surface area contributed by atoms with Crippen LogP contribution in [-0.4, -0.2) is 67.0 Å². The summed E-state index contributed by atoms with van der Waals surface area (Å²) in [4.78, 5) is 20.6. The summed E-state index contributed by atoms with van der Waals surface area (Å²) in [7, 11) is 2.09. The molecule has 0 atom stereocenters. The van der Waals surface area contributed by atoms with Gasteiger partial charge in [0, 0.05) is 44.0 Å². The summed E-state index contributed by atoms with van der Waals surface area (Å²) < 4.78 is 3.42. The molecule has 3 aromatic rings. The molecule has 136 valence electrons. The molecule has 9 nitrogen and oxygen atoms in total. The number of aromatic nitrogens is 6. The Hall–Kier alpha value is -2.81. The third-order valence-electron chi connectivity index (χ3n) is 4.92. The predicted molar refractivity (Wildman–Crippen MR) is 97.4 cm³/mol. The van der Waals surface area contributed by atoms with E-state index in [2.05, 4.69) is 37.1 Å². The lowest BCUT2D eigenvalue weighted by Crippen LogP contribution is -2.59. The number of aryl methyl sites for hydroxylation is 2. The van der Waals surface area contributed by atoms with E-state index in [1.165, 1.54) is 0 Å². The van der Waals surface area contributed by atoms with Gasteiger partial charge >= 0.3 is 0 Å². The third-order valence-corrected chi connectivity index (χ3v) is 4.92. The number of anilines is 1. The van der Waals surface area contributed by atoms with Gasteiger partial charge in [0.15, 0.2) is 11.5 Å². The van der Waals surface area contributed by atoms with Crippen molar-refractivity contribution in [2.24, 2.45) is 0 Å². The molecule has 4 heterocycles. The zero-order chi connectivity index (χ0) is 18.3. The summed E-state index contributed by atoms with van der Waals surface area (Å²) in [5.41, 5.74) is 1.52. The second kappa shape index (κ2) is 6.49. The first-order chi connectivity index (χ1) is 12.5. The van der Waals surface area contributed by atoms with Gasteiger partial charge in [-0.2, -0.15) is 4.52 Å². The van der Waals surface area contributed by atoms with Crippen LogP contribution in [0.3, 0.4) is 0 Å². The number of fused-ring (bicyclic) bond motifs is 1. The van der Waals surface area contributed by atoms with E-state index in [1.807, 2.05) is 26.0 Å². The van der Waals surface area contributed by atoms with E-state index in [0.29, 0.717) is 12.6 Å². The van der Waals surface area contributed by atoms with Crippen molar-refractivity contribution in [3.8, 4) is 0 Å². The van der Waals surface area contributed by atoms with Crippen molar-refractivity contribution in [3.63, 3.8) is 0 Å². The average Bonchev–Trinajstić information content (AvgIpc) is 2.94. The van der Waals surface area contributed by atoms with Crippen LogP contribution in [0.4, 0.5) is 5.82 Å². The summed E-state index contributed by atoms with van der Waals surface area (Å²) in [6.07, 6.45) is 1.62. The lowest BCUT2D eigenvalue weighted by molar-refractivity contribution is 0.196. The third kappa shape index (κ3) is 3.05. The van der Waals surface area contributed by atoms with Crippen LogP contribution in [0.5, 0.6) is 0 Å². The van der Waals surface area contributed by atoms with Crippen LogP contribution >= 0.6 is 0 Å². The SMILES string of the molecule is Cc1cc(=O)n(CCN(C)C2CN(c3ccc4nnc(C)n4n3)C2)cn1. The lowest BCUT2D eigenvalue weighted by atomic mass is 10.1. The van der Waals surface area contributed by atoms with E-state index >= 15 is 0 Å². The van der Waals surface area contributed by atoms with Gasteiger partial charge in [0.25, 0.3) is 5.56 Å². The first-order valence-electron chi connectivity index (χ1n) is 8.68. The summed E-state index contributed by atoms with van der Waals surface area (Å²) in [5, 5.41) is 12.7. The normalized spacial score (nSPS) is 15.0. The predicted octanol–water partition coefficient (Wildman–Crippen LogP) is 0.118. The first-order valence-corrected chi connectivity index (χ1v) is 8.68. The highest BCUT2D eigenvalue weighted by Crippen LogP contribution is 2.21. The van der Waals surface area contributed by atoms with Gasteiger partial charge in [0.1, 0.15) is 5.82 Å². The van der Waals surface area contributed by atoms with Gasteiger partial charge in [-0.25, -0.2) is 4.98 Å². The molecular formula is C17H22N8O. The van der Waals surface area contributed by atoms with Gasteiger partial charge in [-0.1, -0.05) is 0 Å². The van der Waals surface area contributed by atoms with Gasteiger partial charge in [-0.3, -0.25) is 14.3 Å². The van der Waals surface area contributed by atoms with Gasteiger partial charge in [-0.15, -0.1) is 15.3 Å². The Kier molecular flexibility index (Phi) is 4.15. The van der Waals surface area contributed by atoms with Crippen LogP contribution in [0.1, 0.15) is 11.5 Å². The molecule has 4 rings (SSSR count). The molecule has 0 radical (unpaired) electrons. The smallest absolute Gasteiger partial charge is 0.253 e. The van der Waals surface area contributed by atoms with Gasteiger partial charge in [-0.05, 0) is 33.0 Å². The van der Waals surface area contributed by atoms with Crippen molar-refractivity contribution >= 4 is 11.5 Å². The Morgan fingerprint density at radius 1 is 1.23 bits per heavy atom. The molecule has 1 aliphatic rings. The Morgan fingerprint density at radius 3 is 2.81 bits per heavy atom. The van der Waals surface area contributed by atoms with Crippen LogP contribution in [0.15, 0.2) is 29.3 Å². The molecule has 0 saturated carbocycles. The van der Waals surface area contributed by atoms with Crippen LogP contribution in [0.2, 0.25) is 0 Å². The summed E-state index contributed by atoms with van der Waals surface area (Å²) in [6.45, 7) is 7.00. The number of hydrogen-bond acceptors (Lipinski definition) is 7. The standard InChI is InChI=1S/C17H22N8O/c1-12-8-17(26)23(11-18-12)7-6-22(3)14-9-24(10-14)16-5-4-15-20-19-13(2)25(15)21-16/h4-5,8,11,14H,6-7,9-10H2,1-3H3. The molecule has 0 N–H and O–H groups in total. The average molecular weight is 354 g/mol. The maximum absolute atomic E-state index is 11.9. The zero-order valence-electron chi connectivity index (χ0n) is 15.2. The molecule has 1 fully saturated rings.